The highest BCUT2D eigenvalue weighted by Crippen LogP contribution is 2.10. The summed E-state index contributed by atoms with van der Waals surface area (Å²) in [6.45, 7) is 6.04. The molecule has 0 heterocycles. The molecule has 8 nitrogen and oxygen atoms in total. The van der Waals surface area contributed by atoms with Gasteiger partial charge in [-0.15, -0.1) is 0 Å². The fourth-order valence-electron chi connectivity index (χ4n) is 1.36. The number of hydrogen-bond donors (Lipinski definition) is 3. The normalized spacial score (nSPS) is 12.2. The molecule has 0 saturated carbocycles. The molecule has 0 unspecified atom stereocenters. The van der Waals surface area contributed by atoms with Crippen LogP contribution >= 0.6 is 0 Å². The minimum absolute atomic E-state index is 0.0872. The topological polar surface area (TPSA) is 122 Å². The van der Waals surface area contributed by atoms with Crippen molar-refractivity contribution in [2.24, 2.45) is 0 Å². The van der Waals surface area contributed by atoms with Gasteiger partial charge in [0.15, 0.2) is 0 Å². The zero-order chi connectivity index (χ0) is 16.6. The molecule has 1 atom stereocenters. The van der Waals surface area contributed by atoms with Gasteiger partial charge in [-0.2, -0.15) is 0 Å². The van der Waals surface area contributed by atoms with Crippen LogP contribution in [-0.2, 0) is 23.9 Å². The van der Waals surface area contributed by atoms with E-state index in [2.05, 4.69) is 10.6 Å². The van der Waals surface area contributed by atoms with Crippen LogP contribution in [0.1, 0.15) is 40.5 Å². The van der Waals surface area contributed by atoms with Crippen LogP contribution in [-0.4, -0.2) is 47.0 Å². The van der Waals surface area contributed by atoms with Crippen molar-refractivity contribution >= 4 is 23.8 Å². The van der Waals surface area contributed by atoms with Crippen LogP contribution in [0.5, 0.6) is 0 Å². The molecule has 0 rings (SSSR count). The number of rotatable bonds is 7. The van der Waals surface area contributed by atoms with Crippen molar-refractivity contribution in [2.75, 3.05) is 6.54 Å². The zero-order valence-electron chi connectivity index (χ0n) is 12.7. The second-order valence-electron chi connectivity index (χ2n) is 5.49. The molecule has 0 aromatic heterocycles. The Balaban J connectivity index is 4.32. The standard InChI is InChI=1S/C13H22N2O6/c1-8(16)14-7-10(17)15-9(12(19)20)5-6-11(18)21-13(2,3)4/h9H,5-7H2,1-4H3,(H,14,16)(H,15,17)(H,19,20)/t9-/m1/s1. The number of hydrogen-bond acceptors (Lipinski definition) is 5. The van der Waals surface area contributed by atoms with Crippen molar-refractivity contribution in [1.29, 1.82) is 0 Å². The van der Waals surface area contributed by atoms with Gasteiger partial charge in [0.05, 0.1) is 6.54 Å². The highest BCUT2D eigenvalue weighted by Gasteiger charge is 2.23. The Hall–Kier alpha value is -2.12. The predicted octanol–water partition coefficient (Wildman–Crippen LogP) is -0.186. The molecular weight excluding hydrogens is 280 g/mol. The van der Waals surface area contributed by atoms with E-state index in [-0.39, 0.29) is 19.4 Å². The van der Waals surface area contributed by atoms with E-state index in [9.17, 15) is 19.2 Å². The molecule has 2 amide bonds. The summed E-state index contributed by atoms with van der Waals surface area (Å²) in [5, 5.41) is 13.5. The zero-order valence-corrected chi connectivity index (χ0v) is 12.7. The fourth-order valence-corrected chi connectivity index (χ4v) is 1.36. The summed E-state index contributed by atoms with van der Waals surface area (Å²) in [5.74, 6) is -2.83. The van der Waals surface area contributed by atoms with Crippen molar-refractivity contribution < 1.29 is 29.0 Å². The SMILES string of the molecule is CC(=O)NCC(=O)N[C@H](CCC(=O)OC(C)(C)C)C(=O)O. The van der Waals surface area contributed by atoms with Gasteiger partial charge in [0.2, 0.25) is 11.8 Å². The Kier molecular flexibility index (Phi) is 7.40. The molecule has 3 N–H and O–H groups in total. The summed E-state index contributed by atoms with van der Waals surface area (Å²) in [6.07, 6.45) is -0.218. The maximum Gasteiger partial charge on any atom is 0.326 e. The minimum atomic E-state index is -1.25. The van der Waals surface area contributed by atoms with Gasteiger partial charge in [0.1, 0.15) is 11.6 Å². The molecule has 0 radical (unpaired) electrons. The fraction of sp³-hybridized carbons (Fsp3) is 0.692. The Bertz CT molecular complexity index is 413. The summed E-state index contributed by atoms with van der Waals surface area (Å²) in [4.78, 5) is 44.6. The van der Waals surface area contributed by atoms with E-state index in [0.717, 1.165) is 0 Å². The van der Waals surface area contributed by atoms with E-state index in [1.165, 1.54) is 6.92 Å². The number of aliphatic carboxylic acids is 1. The lowest BCUT2D eigenvalue weighted by Gasteiger charge is -2.20. The van der Waals surface area contributed by atoms with Gasteiger partial charge in [0.25, 0.3) is 0 Å². The molecule has 0 aromatic rings. The summed E-state index contributed by atoms with van der Waals surface area (Å²) >= 11 is 0. The number of amides is 2. The van der Waals surface area contributed by atoms with E-state index in [0.29, 0.717) is 0 Å². The molecule has 21 heavy (non-hydrogen) atoms. The molecule has 120 valence electrons. The van der Waals surface area contributed by atoms with Crippen molar-refractivity contribution in [3.05, 3.63) is 0 Å². The van der Waals surface area contributed by atoms with Gasteiger partial charge in [0, 0.05) is 13.3 Å². The van der Waals surface area contributed by atoms with Crippen LogP contribution in [0.3, 0.4) is 0 Å². The second-order valence-corrected chi connectivity index (χ2v) is 5.49. The first kappa shape index (κ1) is 18.9. The highest BCUT2D eigenvalue weighted by molar-refractivity contribution is 5.87. The minimum Gasteiger partial charge on any atom is -0.480 e. The predicted molar refractivity (Wildman–Crippen MR) is 73.3 cm³/mol. The van der Waals surface area contributed by atoms with Crippen LogP contribution < -0.4 is 10.6 Å². The second kappa shape index (κ2) is 8.23. The van der Waals surface area contributed by atoms with Gasteiger partial charge < -0.3 is 20.5 Å². The number of carboxylic acids is 1. The molecule has 8 heteroatoms. The third-order valence-electron chi connectivity index (χ3n) is 2.19. The van der Waals surface area contributed by atoms with Crippen LogP contribution in [0, 0.1) is 0 Å². The van der Waals surface area contributed by atoms with Crippen LogP contribution in [0.15, 0.2) is 0 Å². The molecule has 0 saturated heterocycles. The Morgan fingerprint density at radius 2 is 1.76 bits per heavy atom. The maximum absolute atomic E-state index is 11.5. The van der Waals surface area contributed by atoms with Gasteiger partial charge in [-0.3, -0.25) is 14.4 Å². The third kappa shape index (κ3) is 10.3. The molecule has 0 aliphatic rings. The van der Waals surface area contributed by atoms with Crippen LogP contribution in [0.2, 0.25) is 0 Å². The molecule has 0 aliphatic carbocycles. The number of nitrogens with one attached hydrogen (secondary N) is 2. The number of carboxylic acid groups (broad SMARTS) is 1. The number of ether oxygens (including phenoxy) is 1. The van der Waals surface area contributed by atoms with E-state index < -0.39 is 35.4 Å². The van der Waals surface area contributed by atoms with Gasteiger partial charge in [-0.25, -0.2) is 4.79 Å². The van der Waals surface area contributed by atoms with Crippen LogP contribution in [0.25, 0.3) is 0 Å². The van der Waals surface area contributed by atoms with Crippen molar-refractivity contribution in [1.82, 2.24) is 10.6 Å². The molecule has 0 bridgehead atoms. The van der Waals surface area contributed by atoms with E-state index in [1.807, 2.05) is 0 Å². The molecule has 0 aliphatic heterocycles. The Morgan fingerprint density at radius 1 is 1.19 bits per heavy atom. The molecule has 0 spiro atoms. The van der Waals surface area contributed by atoms with Gasteiger partial charge in [-0.05, 0) is 27.2 Å². The van der Waals surface area contributed by atoms with Gasteiger partial charge >= 0.3 is 11.9 Å². The van der Waals surface area contributed by atoms with E-state index >= 15 is 0 Å². The summed E-state index contributed by atoms with van der Waals surface area (Å²) < 4.78 is 5.05. The quantitative estimate of drug-likeness (QED) is 0.560. The first-order chi connectivity index (χ1) is 9.51. The number of esters is 1. The molecule has 0 aromatic carbocycles. The largest absolute Gasteiger partial charge is 0.480 e. The number of carbonyl (C=O) groups is 4. The molecular formula is C13H22N2O6. The monoisotopic (exact) mass is 302 g/mol. The lowest BCUT2D eigenvalue weighted by atomic mass is 10.1. The summed E-state index contributed by atoms with van der Waals surface area (Å²) in [7, 11) is 0. The first-order valence-electron chi connectivity index (χ1n) is 6.49. The van der Waals surface area contributed by atoms with Gasteiger partial charge in [-0.1, -0.05) is 0 Å². The lowest BCUT2D eigenvalue weighted by Crippen LogP contribution is -2.45. The molecule has 0 fully saturated rings. The maximum atomic E-state index is 11.5. The van der Waals surface area contributed by atoms with E-state index in [4.69, 9.17) is 9.84 Å². The Labute approximate surface area is 123 Å². The van der Waals surface area contributed by atoms with E-state index in [1.54, 1.807) is 20.8 Å². The van der Waals surface area contributed by atoms with Crippen molar-refractivity contribution in [3.8, 4) is 0 Å². The smallest absolute Gasteiger partial charge is 0.326 e. The average Bonchev–Trinajstić information content (AvgIpc) is 2.29. The number of carbonyl (C=O) groups excluding carboxylic acids is 3. The van der Waals surface area contributed by atoms with Crippen LogP contribution in [0.4, 0.5) is 0 Å². The highest BCUT2D eigenvalue weighted by atomic mass is 16.6. The third-order valence-corrected chi connectivity index (χ3v) is 2.19. The first-order valence-corrected chi connectivity index (χ1v) is 6.49. The van der Waals surface area contributed by atoms with Crippen molar-refractivity contribution in [2.45, 2.75) is 52.2 Å². The summed E-state index contributed by atoms with van der Waals surface area (Å²) in [6, 6.07) is -1.21. The lowest BCUT2D eigenvalue weighted by molar-refractivity contribution is -0.155. The Morgan fingerprint density at radius 3 is 2.19 bits per heavy atom. The average molecular weight is 302 g/mol. The summed E-state index contributed by atoms with van der Waals surface area (Å²) in [5.41, 5.74) is -0.648. The van der Waals surface area contributed by atoms with Crippen molar-refractivity contribution in [3.63, 3.8) is 0 Å².